The fourth-order valence-electron chi connectivity index (χ4n) is 1.41. The van der Waals surface area contributed by atoms with Crippen molar-refractivity contribution in [3.8, 4) is 0 Å². The van der Waals surface area contributed by atoms with Gasteiger partial charge in [-0.3, -0.25) is 4.72 Å². The zero-order valence-corrected chi connectivity index (χ0v) is 12.4. The third-order valence-electron chi connectivity index (χ3n) is 2.28. The van der Waals surface area contributed by atoms with Crippen LogP contribution in [0.5, 0.6) is 0 Å². The van der Waals surface area contributed by atoms with Gasteiger partial charge in [0.1, 0.15) is 11.6 Å². The molecule has 0 fully saturated rings. The van der Waals surface area contributed by atoms with Gasteiger partial charge in [0.05, 0.1) is 10.6 Å². The van der Waals surface area contributed by atoms with Gasteiger partial charge in [0.25, 0.3) is 10.0 Å². The highest BCUT2D eigenvalue weighted by Crippen LogP contribution is 2.22. The molecule has 0 saturated heterocycles. The van der Waals surface area contributed by atoms with E-state index in [4.69, 9.17) is 0 Å². The third kappa shape index (κ3) is 3.41. The Morgan fingerprint density at radius 2 is 1.68 bits per heavy atom. The summed E-state index contributed by atoms with van der Waals surface area (Å²) in [6, 6.07) is 8.31. The number of sulfonamides is 1. The number of halogens is 3. The second-order valence-corrected chi connectivity index (χ2v) is 6.53. The van der Waals surface area contributed by atoms with Crippen LogP contribution in [0.4, 0.5) is 14.5 Å². The fourth-order valence-corrected chi connectivity index (χ4v) is 3.32. The zero-order valence-electron chi connectivity index (χ0n) is 9.40. The van der Waals surface area contributed by atoms with Crippen molar-refractivity contribution in [3.05, 3.63) is 57.7 Å². The van der Waals surface area contributed by atoms with Crippen LogP contribution in [0.3, 0.4) is 0 Å². The molecule has 0 unspecified atom stereocenters. The lowest BCUT2D eigenvalue weighted by atomic mass is 10.3. The van der Waals surface area contributed by atoms with Crippen LogP contribution in [0, 0.1) is 15.2 Å². The van der Waals surface area contributed by atoms with Gasteiger partial charge < -0.3 is 0 Å². The number of anilines is 1. The van der Waals surface area contributed by atoms with Gasteiger partial charge in [0, 0.05) is 3.57 Å². The van der Waals surface area contributed by atoms with Crippen LogP contribution in [0.2, 0.25) is 0 Å². The second kappa shape index (κ2) is 5.41. The number of hydrogen-bond acceptors (Lipinski definition) is 2. The standard InChI is InChI=1S/C12H8F2INO2S/c13-8-2-1-3-10(6-8)19(17,18)16-12-5-4-9(14)7-11(12)15/h1-7,16H. The maximum Gasteiger partial charge on any atom is 0.262 e. The molecule has 19 heavy (non-hydrogen) atoms. The summed E-state index contributed by atoms with van der Waals surface area (Å²) in [7, 11) is -3.89. The molecule has 2 aromatic rings. The Bertz CT molecular complexity index is 719. The van der Waals surface area contributed by atoms with Gasteiger partial charge in [-0.2, -0.15) is 0 Å². The first-order valence-electron chi connectivity index (χ1n) is 5.12. The Morgan fingerprint density at radius 3 is 2.32 bits per heavy atom. The quantitative estimate of drug-likeness (QED) is 0.811. The first-order chi connectivity index (χ1) is 8.88. The molecule has 1 N–H and O–H groups in total. The first kappa shape index (κ1) is 14.2. The summed E-state index contributed by atoms with van der Waals surface area (Å²) in [4.78, 5) is -0.187. The Balaban J connectivity index is 2.36. The summed E-state index contributed by atoms with van der Waals surface area (Å²) in [6.45, 7) is 0. The van der Waals surface area contributed by atoms with Crippen molar-refractivity contribution in [2.75, 3.05) is 4.72 Å². The van der Waals surface area contributed by atoms with Gasteiger partial charge in [-0.1, -0.05) is 6.07 Å². The maximum atomic E-state index is 13.0. The van der Waals surface area contributed by atoms with Gasteiger partial charge in [0.15, 0.2) is 0 Å². The van der Waals surface area contributed by atoms with Crippen molar-refractivity contribution >= 4 is 38.3 Å². The predicted molar refractivity (Wildman–Crippen MR) is 76.3 cm³/mol. The van der Waals surface area contributed by atoms with Gasteiger partial charge in [-0.05, 0) is 59.0 Å². The molecule has 0 spiro atoms. The lowest BCUT2D eigenvalue weighted by Gasteiger charge is -2.09. The summed E-state index contributed by atoms with van der Waals surface area (Å²) < 4.78 is 52.7. The molecule has 2 aromatic carbocycles. The number of benzene rings is 2. The zero-order chi connectivity index (χ0) is 14.0. The predicted octanol–water partition coefficient (Wildman–Crippen LogP) is 3.37. The van der Waals surface area contributed by atoms with E-state index >= 15 is 0 Å². The van der Waals surface area contributed by atoms with Crippen molar-refractivity contribution in [3.63, 3.8) is 0 Å². The van der Waals surface area contributed by atoms with Crippen molar-refractivity contribution < 1.29 is 17.2 Å². The smallest absolute Gasteiger partial charge is 0.262 e. The van der Waals surface area contributed by atoms with Crippen LogP contribution in [-0.2, 0) is 10.0 Å². The van der Waals surface area contributed by atoms with E-state index in [-0.39, 0.29) is 10.6 Å². The highest BCUT2D eigenvalue weighted by molar-refractivity contribution is 14.1. The molecular weight excluding hydrogens is 387 g/mol. The number of rotatable bonds is 3. The summed E-state index contributed by atoms with van der Waals surface area (Å²) in [6.07, 6.45) is 0. The summed E-state index contributed by atoms with van der Waals surface area (Å²) in [5.74, 6) is -1.10. The summed E-state index contributed by atoms with van der Waals surface area (Å²) in [5.41, 5.74) is 0.242. The molecule has 0 atom stereocenters. The monoisotopic (exact) mass is 395 g/mol. The average molecular weight is 395 g/mol. The lowest BCUT2D eigenvalue weighted by Crippen LogP contribution is -2.14. The van der Waals surface area contributed by atoms with Crippen LogP contribution in [-0.4, -0.2) is 8.42 Å². The molecular formula is C12H8F2INO2S. The Hall–Kier alpha value is -1.22. The lowest BCUT2D eigenvalue weighted by molar-refractivity contribution is 0.595. The van der Waals surface area contributed by atoms with E-state index in [1.807, 2.05) is 22.6 Å². The SMILES string of the molecule is O=S(=O)(Nc1ccc(F)cc1I)c1cccc(F)c1. The average Bonchev–Trinajstić information content (AvgIpc) is 2.33. The van der Waals surface area contributed by atoms with E-state index in [0.717, 1.165) is 18.2 Å². The molecule has 0 radical (unpaired) electrons. The molecule has 7 heteroatoms. The van der Waals surface area contributed by atoms with Crippen molar-refractivity contribution in [2.45, 2.75) is 4.90 Å². The van der Waals surface area contributed by atoms with Crippen molar-refractivity contribution in [2.24, 2.45) is 0 Å². The van der Waals surface area contributed by atoms with E-state index < -0.39 is 21.7 Å². The molecule has 0 aliphatic rings. The molecule has 3 nitrogen and oxygen atoms in total. The largest absolute Gasteiger partial charge is 0.279 e. The van der Waals surface area contributed by atoms with E-state index in [1.165, 1.54) is 24.3 Å². The molecule has 0 aliphatic carbocycles. The minimum Gasteiger partial charge on any atom is -0.279 e. The van der Waals surface area contributed by atoms with Crippen LogP contribution in [0.25, 0.3) is 0 Å². The Morgan fingerprint density at radius 1 is 1.00 bits per heavy atom. The molecule has 0 amide bonds. The molecule has 0 heterocycles. The number of nitrogens with one attached hydrogen (secondary N) is 1. The molecule has 2 rings (SSSR count). The van der Waals surface area contributed by atoms with Crippen LogP contribution in [0.1, 0.15) is 0 Å². The fraction of sp³-hybridized carbons (Fsp3) is 0. The topological polar surface area (TPSA) is 46.2 Å². The van der Waals surface area contributed by atoms with Crippen molar-refractivity contribution in [1.29, 1.82) is 0 Å². The Kier molecular flexibility index (Phi) is 4.04. The first-order valence-corrected chi connectivity index (χ1v) is 7.68. The summed E-state index contributed by atoms with van der Waals surface area (Å²) in [5, 5.41) is 0. The van der Waals surface area contributed by atoms with Crippen molar-refractivity contribution in [1.82, 2.24) is 0 Å². The van der Waals surface area contributed by atoms with E-state index in [0.29, 0.717) is 3.57 Å². The highest BCUT2D eigenvalue weighted by Gasteiger charge is 2.16. The molecule has 0 saturated carbocycles. The van der Waals surface area contributed by atoms with Gasteiger partial charge in [-0.15, -0.1) is 0 Å². The minimum absolute atomic E-state index is 0.187. The van der Waals surface area contributed by atoms with E-state index in [9.17, 15) is 17.2 Å². The normalized spacial score (nSPS) is 11.3. The van der Waals surface area contributed by atoms with Gasteiger partial charge in [-0.25, -0.2) is 17.2 Å². The van der Waals surface area contributed by atoms with Crippen LogP contribution in [0.15, 0.2) is 47.4 Å². The van der Waals surface area contributed by atoms with Crippen LogP contribution < -0.4 is 4.72 Å². The molecule has 100 valence electrons. The van der Waals surface area contributed by atoms with Crippen LogP contribution >= 0.6 is 22.6 Å². The third-order valence-corrected chi connectivity index (χ3v) is 4.54. The summed E-state index contributed by atoms with van der Waals surface area (Å²) >= 11 is 1.81. The molecule has 0 aromatic heterocycles. The maximum absolute atomic E-state index is 13.0. The van der Waals surface area contributed by atoms with Gasteiger partial charge >= 0.3 is 0 Å². The molecule has 0 aliphatic heterocycles. The number of hydrogen-bond donors (Lipinski definition) is 1. The van der Waals surface area contributed by atoms with Gasteiger partial charge in [0.2, 0.25) is 0 Å². The van der Waals surface area contributed by atoms with E-state index in [2.05, 4.69) is 4.72 Å². The van der Waals surface area contributed by atoms with E-state index in [1.54, 1.807) is 0 Å². The minimum atomic E-state index is -3.89. The Labute approximate surface area is 122 Å². The second-order valence-electron chi connectivity index (χ2n) is 3.69. The molecule has 0 bridgehead atoms. The highest BCUT2D eigenvalue weighted by atomic mass is 127.